The third-order valence-corrected chi connectivity index (χ3v) is 3.24. The summed E-state index contributed by atoms with van der Waals surface area (Å²) in [5.74, 6) is 1.38. The highest BCUT2D eigenvalue weighted by molar-refractivity contribution is 4.68. The van der Waals surface area contributed by atoms with Gasteiger partial charge in [-0.3, -0.25) is 4.90 Å². The van der Waals surface area contributed by atoms with E-state index in [1.807, 2.05) is 0 Å². The second kappa shape index (κ2) is 11.4. The van der Waals surface area contributed by atoms with Crippen molar-refractivity contribution in [3.8, 4) is 0 Å². The SMILES string of the molecule is CC(C)CN(CCCN(CC(C)O)CC(C)O)CC(C)C. The predicted octanol–water partition coefficient (Wildman–Crippen LogP) is 2.05. The molecule has 0 radical (unpaired) electrons. The summed E-state index contributed by atoms with van der Waals surface area (Å²) >= 11 is 0. The van der Waals surface area contributed by atoms with E-state index in [1.165, 1.54) is 0 Å². The zero-order chi connectivity index (χ0) is 16.4. The summed E-state index contributed by atoms with van der Waals surface area (Å²) in [7, 11) is 0. The molecule has 0 aliphatic rings. The highest BCUT2D eigenvalue weighted by Gasteiger charge is 2.13. The maximum absolute atomic E-state index is 9.55. The van der Waals surface area contributed by atoms with E-state index in [2.05, 4.69) is 37.5 Å². The molecule has 2 N–H and O–H groups in total. The molecule has 0 fully saturated rings. The van der Waals surface area contributed by atoms with Crippen LogP contribution in [-0.4, -0.2) is 71.5 Å². The smallest absolute Gasteiger partial charge is 0.0639 e. The largest absolute Gasteiger partial charge is 0.392 e. The summed E-state index contributed by atoms with van der Waals surface area (Å²) in [6.07, 6.45) is 0.399. The molecule has 0 aromatic heterocycles. The van der Waals surface area contributed by atoms with Crippen molar-refractivity contribution in [3.05, 3.63) is 0 Å². The van der Waals surface area contributed by atoms with Crippen LogP contribution < -0.4 is 0 Å². The van der Waals surface area contributed by atoms with Crippen LogP contribution in [0.2, 0.25) is 0 Å². The first-order valence-electron chi connectivity index (χ1n) is 8.51. The van der Waals surface area contributed by atoms with Crippen LogP contribution >= 0.6 is 0 Å². The van der Waals surface area contributed by atoms with E-state index in [-0.39, 0.29) is 12.2 Å². The van der Waals surface area contributed by atoms with Crippen molar-refractivity contribution in [3.63, 3.8) is 0 Å². The van der Waals surface area contributed by atoms with Crippen molar-refractivity contribution in [2.75, 3.05) is 39.3 Å². The highest BCUT2D eigenvalue weighted by atomic mass is 16.3. The Morgan fingerprint density at radius 1 is 0.619 bits per heavy atom. The fraction of sp³-hybridized carbons (Fsp3) is 1.00. The Hall–Kier alpha value is -0.160. The van der Waals surface area contributed by atoms with Crippen molar-refractivity contribution in [2.45, 2.75) is 60.2 Å². The molecule has 0 heterocycles. The summed E-state index contributed by atoms with van der Waals surface area (Å²) in [6.45, 7) is 18.3. The van der Waals surface area contributed by atoms with Gasteiger partial charge in [0.15, 0.2) is 0 Å². The van der Waals surface area contributed by atoms with Crippen molar-refractivity contribution in [1.29, 1.82) is 0 Å². The molecule has 0 bridgehead atoms. The Labute approximate surface area is 132 Å². The highest BCUT2D eigenvalue weighted by Crippen LogP contribution is 2.06. The van der Waals surface area contributed by atoms with E-state index < -0.39 is 0 Å². The van der Waals surface area contributed by atoms with Crippen molar-refractivity contribution >= 4 is 0 Å². The van der Waals surface area contributed by atoms with Gasteiger partial charge in [-0.2, -0.15) is 0 Å². The molecule has 2 atom stereocenters. The van der Waals surface area contributed by atoms with Gasteiger partial charge in [0.2, 0.25) is 0 Å². The minimum absolute atomic E-state index is 0.341. The van der Waals surface area contributed by atoms with E-state index >= 15 is 0 Å². The number of aliphatic hydroxyl groups excluding tert-OH is 2. The van der Waals surface area contributed by atoms with Crippen LogP contribution in [0.3, 0.4) is 0 Å². The van der Waals surface area contributed by atoms with E-state index in [0.29, 0.717) is 24.9 Å². The van der Waals surface area contributed by atoms with Gasteiger partial charge >= 0.3 is 0 Å². The van der Waals surface area contributed by atoms with Crippen LogP contribution in [0, 0.1) is 11.8 Å². The Morgan fingerprint density at radius 3 is 1.24 bits per heavy atom. The lowest BCUT2D eigenvalue weighted by Crippen LogP contribution is -2.39. The molecule has 0 aliphatic carbocycles. The van der Waals surface area contributed by atoms with Gasteiger partial charge in [-0.05, 0) is 45.2 Å². The van der Waals surface area contributed by atoms with Crippen LogP contribution in [-0.2, 0) is 0 Å². The Balaban J connectivity index is 4.21. The van der Waals surface area contributed by atoms with E-state index in [1.54, 1.807) is 13.8 Å². The molecule has 0 aromatic carbocycles. The minimum Gasteiger partial charge on any atom is -0.392 e. The molecular formula is C17H38N2O2. The van der Waals surface area contributed by atoms with Gasteiger partial charge in [-0.1, -0.05) is 27.7 Å². The van der Waals surface area contributed by atoms with Gasteiger partial charge in [-0.15, -0.1) is 0 Å². The summed E-state index contributed by atoms with van der Waals surface area (Å²) < 4.78 is 0. The number of nitrogens with zero attached hydrogens (tertiary/aromatic N) is 2. The van der Waals surface area contributed by atoms with Crippen LogP contribution in [0.4, 0.5) is 0 Å². The Morgan fingerprint density at radius 2 is 0.952 bits per heavy atom. The van der Waals surface area contributed by atoms with Gasteiger partial charge in [0.1, 0.15) is 0 Å². The zero-order valence-electron chi connectivity index (χ0n) is 15.0. The summed E-state index contributed by atoms with van der Waals surface area (Å²) in [4.78, 5) is 4.70. The monoisotopic (exact) mass is 302 g/mol. The Kier molecular flexibility index (Phi) is 11.3. The molecule has 0 spiro atoms. The molecule has 2 unspecified atom stereocenters. The first kappa shape index (κ1) is 20.8. The van der Waals surface area contributed by atoms with Crippen molar-refractivity contribution in [2.24, 2.45) is 11.8 Å². The van der Waals surface area contributed by atoms with Gasteiger partial charge in [-0.25, -0.2) is 0 Å². The molecule has 0 rings (SSSR count). The van der Waals surface area contributed by atoms with E-state index in [4.69, 9.17) is 0 Å². The third kappa shape index (κ3) is 13.2. The molecule has 0 aliphatic heterocycles. The van der Waals surface area contributed by atoms with Crippen LogP contribution in [0.15, 0.2) is 0 Å². The maximum Gasteiger partial charge on any atom is 0.0639 e. The standard InChI is InChI=1S/C17H38N2O2/c1-14(2)10-18(11-15(3)4)8-7-9-19(12-16(5)20)13-17(6)21/h14-17,20-21H,7-13H2,1-6H3. The maximum atomic E-state index is 9.55. The lowest BCUT2D eigenvalue weighted by atomic mass is 10.1. The molecule has 0 saturated heterocycles. The van der Waals surface area contributed by atoms with E-state index in [9.17, 15) is 10.2 Å². The van der Waals surface area contributed by atoms with Gasteiger partial charge in [0.25, 0.3) is 0 Å². The fourth-order valence-corrected chi connectivity index (χ4v) is 2.81. The second-order valence-electron chi connectivity index (χ2n) is 7.36. The average Bonchev–Trinajstić information content (AvgIpc) is 2.24. The predicted molar refractivity (Wildman–Crippen MR) is 90.5 cm³/mol. The average molecular weight is 303 g/mol. The van der Waals surface area contributed by atoms with Crippen LogP contribution in [0.5, 0.6) is 0 Å². The normalized spacial score (nSPS) is 15.4. The summed E-state index contributed by atoms with van der Waals surface area (Å²) in [5.41, 5.74) is 0. The number of hydrogen-bond acceptors (Lipinski definition) is 4. The lowest BCUT2D eigenvalue weighted by molar-refractivity contribution is 0.0799. The number of hydrogen-bond donors (Lipinski definition) is 2. The molecule has 0 aromatic rings. The lowest BCUT2D eigenvalue weighted by Gasteiger charge is -2.29. The fourth-order valence-electron chi connectivity index (χ4n) is 2.81. The number of rotatable bonds is 12. The van der Waals surface area contributed by atoms with E-state index in [0.717, 1.165) is 32.6 Å². The Bertz CT molecular complexity index is 199. The van der Waals surface area contributed by atoms with Crippen LogP contribution in [0.25, 0.3) is 0 Å². The number of aliphatic hydroxyl groups is 2. The molecule has 21 heavy (non-hydrogen) atoms. The minimum atomic E-state index is -0.341. The molecule has 128 valence electrons. The van der Waals surface area contributed by atoms with Crippen molar-refractivity contribution < 1.29 is 10.2 Å². The zero-order valence-corrected chi connectivity index (χ0v) is 15.0. The molecule has 0 amide bonds. The third-order valence-electron chi connectivity index (χ3n) is 3.24. The topological polar surface area (TPSA) is 46.9 Å². The van der Waals surface area contributed by atoms with Gasteiger partial charge in [0.05, 0.1) is 12.2 Å². The first-order valence-corrected chi connectivity index (χ1v) is 8.51. The van der Waals surface area contributed by atoms with Crippen molar-refractivity contribution in [1.82, 2.24) is 9.80 Å². The molecular weight excluding hydrogens is 264 g/mol. The first-order chi connectivity index (χ1) is 9.70. The quantitative estimate of drug-likeness (QED) is 0.579. The second-order valence-corrected chi connectivity index (χ2v) is 7.36. The molecule has 0 saturated carbocycles. The van der Waals surface area contributed by atoms with Crippen LogP contribution in [0.1, 0.15) is 48.0 Å². The van der Waals surface area contributed by atoms with Gasteiger partial charge < -0.3 is 15.1 Å². The molecule has 4 heteroatoms. The van der Waals surface area contributed by atoms with Gasteiger partial charge in [0, 0.05) is 26.2 Å². The summed E-state index contributed by atoms with van der Waals surface area (Å²) in [6, 6.07) is 0. The summed E-state index contributed by atoms with van der Waals surface area (Å²) in [5, 5.41) is 19.1. The molecule has 4 nitrogen and oxygen atoms in total.